The van der Waals surface area contributed by atoms with Gasteiger partial charge in [0.1, 0.15) is 12.4 Å². The van der Waals surface area contributed by atoms with Gasteiger partial charge < -0.3 is 24.1 Å². The zero-order valence-corrected chi connectivity index (χ0v) is 18.1. The van der Waals surface area contributed by atoms with Crippen molar-refractivity contribution in [1.29, 1.82) is 0 Å². The van der Waals surface area contributed by atoms with Crippen LogP contribution in [-0.4, -0.2) is 51.4 Å². The van der Waals surface area contributed by atoms with Crippen molar-refractivity contribution in [2.75, 3.05) is 46.2 Å². The van der Waals surface area contributed by atoms with E-state index in [-0.39, 0.29) is 0 Å². The number of rotatable bonds is 18. The summed E-state index contributed by atoms with van der Waals surface area (Å²) in [7, 11) is 0. The van der Waals surface area contributed by atoms with E-state index >= 15 is 0 Å². The Labute approximate surface area is 171 Å². The molecule has 0 spiro atoms. The lowest BCUT2D eigenvalue weighted by atomic mass is 9.84. The number of hydrogen-bond acceptors (Lipinski definition) is 5. The standard InChI is InChI=1S/C23H40O5/c1-4-7-13-23(24,14-8-5-2)21-9-11-22(12-10-21)28-20-19-27-18-17-26-16-15-25-6-3/h9-12,24H,4-8,13-20H2,1-3H3. The van der Waals surface area contributed by atoms with Crippen molar-refractivity contribution in [3.8, 4) is 5.75 Å². The molecule has 0 aliphatic rings. The highest BCUT2D eigenvalue weighted by molar-refractivity contribution is 5.31. The molecule has 0 heterocycles. The Hall–Kier alpha value is -1.14. The molecule has 0 atom stereocenters. The highest BCUT2D eigenvalue weighted by atomic mass is 16.6. The fourth-order valence-corrected chi connectivity index (χ4v) is 3.02. The molecule has 28 heavy (non-hydrogen) atoms. The second-order valence-electron chi connectivity index (χ2n) is 7.03. The smallest absolute Gasteiger partial charge is 0.119 e. The van der Waals surface area contributed by atoms with Crippen LogP contribution >= 0.6 is 0 Å². The Morgan fingerprint density at radius 3 is 1.71 bits per heavy atom. The summed E-state index contributed by atoms with van der Waals surface area (Å²) in [5.74, 6) is 0.800. The van der Waals surface area contributed by atoms with Crippen LogP contribution in [0.25, 0.3) is 0 Å². The topological polar surface area (TPSA) is 57.2 Å². The van der Waals surface area contributed by atoms with Gasteiger partial charge in [-0.2, -0.15) is 0 Å². The molecule has 0 bridgehead atoms. The van der Waals surface area contributed by atoms with Crippen LogP contribution in [0.5, 0.6) is 5.75 Å². The second-order valence-corrected chi connectivity index (χ2v) is 7.03. The number of unbranched alkanes of at least 4 members (excludes halogenated alkanes) is 2. The Bertz CT molecular complexity index is 466. The summed E-state index contributed by atoms with van der Waals surface area (Å²) in [5.41, 5.74) is 0.262. The number of aliphatic hydroxyl groups is 1. The Morgan fingerprint density at radius 2 is 1.21 bits per heavy atom. The first-order valence-electron chi connectivity index (χ1n) is 10.8. The van der Waals surface area contributed by atoms with Crippen molar-refractivity contribution in [2.45, 2.75) is 64.9 Å². The van der Waals surface area contributed by atoms with Gasteiger partial charge in [0.15, 0.2) is 0 Å². The SMILES string of the molecule is CCCCC(O)(CCCC)c1ccc(OCCOCCOCCOCC)cc1. The van der Waals surface area contributed by atoms with E-state index in [0.717, 1.165) is 56.4 Å². The molecule has 0 aliphatic carbocycles. The second kappa shape index (κ2) is 15.7. The minimum Gasteiger partial charge on any atom is -0.491 e. The van der Waals surface area contributed by atoms with Gasteiger partial charge in [-0.05, 0) is 37.5 Å². The van der Waals surface area contributed by atoms with Gasteiger partial charge in [-0.15, -0.1) is 0 Å². The van der Waals surface area contributed by atoms with E-state index < -0.39 is 5.60 Å². The van der Waals surface area contributed by atoms with Crippen LogP contribution in [0.1, 0.15) is 64.9 Å². The molecule has 0 aromatic heterocycles. The van der Waals surface area contributed by atoms with Crippen LogP contribution in [0.3, 0.4) is 0 Å². The molecule has 0 saturated carbocycles. The van der Waals surface area contributed by atoms with E-state index in [0.29, 0.717) is 39.6 Å². The first-order valence-corrected chi connectivity index (χ1v) is 10.8. The van der Waals surface area contributed by atoms with E-state index in [1.165, 1.54) is 0 Å². The largest absolute Gasteiger partial charge is 0.491 e. The molecular formula is C23H40O5. The lowest BCUT2D eigenvalue weighted by Gasteiger charge is -2.29. The summed E-state index contributed by atoms with van der Waals surface area (Å²) in [5, 5.41) is 11.1. The van der Waals surface area contributed by atoms with E-state index in [9.17, 15) is 5.11 Å². The van der Waals surface area contributed by atoms with Crippen LogP contribution in [0.2, 0.25) is 0 Å². The van der Waals surface area contributed by atoms with E-state index in [1.807, 2.05) is 31.2 Å². The fourth-order valence-electron chi connectivity index (χ4n) is 3.02. The summed E-state index contributed by atoms with van der Waals surface area (Å²) in [6.45, 7) is 10.4. The lowest BCUT2D eigenvalue weighted by Crippen LogP contribution is -2.25. The molecule has 5 nitrogen and oxygen atoms in total. The summed E-state index contributed by atoms with van der Waals surface area (Å²) in [6, 6.07) is 7.87. The summed E-state index contributed by atoms with van der Waals surface area (Å²) < 4.78 is 21.8. The van der Waals surface area contributed by atoms with Crippen molar-refractivity contribution < 1.29 is 24.1 Å². The minimum atomic E-state index is -0.726. The van der Waals surface area contributed by atoms with Gasteiger partial charge in [0.05, 0.1) is 38.6 Å². The number of hydrogen-bond donors (Lipinski definition) is 1. The van der Waals surface area contributed by atoms with Gasteiger partial charge in [-0.3, -0.25) is 0 Å². The average molecular weight is 397 g/mol. The third kappa shape index (κ3) is 10.4. The van der Waals surface area contributed by atoms with E-state index in [2.05, 4.69) is 13.8 Å². The normalized spacial score (nSPS) is 11.7. The van der Waals surface area contributed by atoms with Gasteiger partial charge in [0, 0.05) is 6.61 Å². The highest BCUT2D eigenvalue weighted by Gasteiger charge is 2.27. The van der Waals surface area contributed by atoms with Gasteiger partial charge in [-0.1, -0.05) is 51.7 Å². The maximum absolute atomic E-state index is 11.1. The van der Waals surface area contributed by atoms with Crippen LogP contribution in [-0.2, 0) is 19.8 Å². The molecule has 0 amide bonds. The molecule has 1 aromatic carbocycles. The Kier molecular flexibility index (Phi) is 14.0. The van der Waals surface area contributed by atoms with E-state index in [4.69, 9.17) is 18.9 Å². The lowest BCUT2D eigenvalue weighted by molar-refractivity contribution is 0.0111. The first kappa shape index (κ1) is 24.9. The monoisotopic (exact) mass is 396 g/mol. The van der Waals surface area contributed by atoms with Crippen molar-refractivity contribution in [1.82, 2.24) is 0 Å². The average Bonchev–Trinajstić information content (AvgIpc) is 2.72. The fraction of sp³-hybridized carbons (Fsp3) is 0.739. The first-order chi connectivity index (χ1) is 13.7. The Balaban J connectivity index is 2.29. The van der Waals surface area contributed by atoms with Gasteiger partial charge in [0.2, 0.25) is 0 Å². The van der Waals surface area contributed by atoms with E-state index in [1.54, 1.807) is 0 Å². The summed E-state index contributed by atoms with van der Waals surface area (Å²) in [6.07, 6.45) is 5.87. The van der Waals surface area contributed by atoms with Crippen LogP contribution in [0.15, 0.2) is 24.3 Å². The highest BCUT2D eigenvalue weighted by Crippen LogP contribution is 2.33. The molecule has 0 aliphatic heterocycles. The molecule has 1 aromatic rings. The number of benzene rings is 1. The quantitative estimate of drug-likeness (QED) is 0.364. The molecular weight excluding hydrogens is 356 g/mol. The van der Waals surface area contributed by atoms with Gasteiger partial charge in [0.25, 0.3) is 0 Å². The van der Waals surface area contributed by atoms with Crippen molar-refractivity contribution in [3.05, 3.63) is 29.8 Å². The third-order valence-corrected chi connectivity index (χ3v) is 4.72. The maximum atomic E-state index is 11.1. The molecule has 5 heteroatoms. The third-order valence-electron chi connectivity index (χ3n) is 4.72. The molecule has 0 unspecified atom stereocenters. The predicted octanol–water partition coefficient (Wildman–Crippen LogP) is 4.70. The molecule has 1 rings (SSSR count). The van der Waals surface area contributed by atoms with Gasteiger partial charge in [-0.25, -0.2) is 0 Å². The molecule has 1 N–H and O–H groups in total. The number of ether oxygens (including phenoxy) is 4. The van der Waals surface area contributed by atoms with Crippen molar-refractivity contribution >= 4 is 0 Å². The van der Waals surface area contributed by atoms with Crippen molar-refractivity contribution in [2.24, 2.45) is 0 Å². The zero-order chi connectivity index (χ0) is 20.5. The molecule has 0 fully saturated rings. The predicted molar refractivity (Wildman–Crippen MR) is 113 cm³/mol. The molecule has 0 radical (unpaired) electrons. The maximum Gasteiger partial charge on any atom is 0.119 e. The van der Waals surface area contributed by atoms with Crippen LogP contribution in [0, 0.1) is 0 Å². The summed E-state index contributed by atoms with van der Waals surface area (Å²) in [4.78, 5) is 0. The minimum absolute atomic E-state index is 0.494. The summed E-state index contributed by atoms with van der Waals surface area (Å²) >= 11 is 0. The van der Waals surface area contributed by atoms with Gasteiger partial charge >= 0.3 is 0 Å². The molecule has 0 saturated heterocycles. The molecule has 162 valence electrons. The van der Waals surface area contributed by atoms with Crippen molar-refractivity contribution in [3.63, 3.8) is 0 Å². The van der Waals surface area contributed by atoms with Crippen LogP contribution in [0.4, 0.5) is 0 Å². The zero-order valence-electron chi connectivity index (χ0n) is 18.1. The Morgan fingerprint density at radius 1 is 0.714 bits per heavy atom. The van der Waals surface area contributed by atoms with Crippen LogP contribution < -0.4 is 4.74 Å².